The smallest absolute Gasteiger partial charge is 0.136 e. The summed E-state index contributed by atoms with van der Waals surface area (Å²) in [4.78, 5) is 0. The standard InChI is InChI=1S/C21H26O2/c1-11-12(2)14(4)19-18(13(11)3)15(5)17(10-22)16-8-9-21(6,7)23-20(16)19/h8-9,22H,10H2,1-7H3. The van der Waals surface area contributed by atoms with Crippen LogP contribution in [0.2, 0.25) is 0 Å². The first-order valence-electron chi connectivity index (χ1n) is 8.24. The fraction of sp³-hybridized carbons (Fsp3) is 0.429. The van der Waals surface area contributed by atoms with Gasteiger partial charge in [0.15, 0.2) is 0 Å². The van der Waals surface area contributed by atoms with Gasteiger partial charge in [-0.15, -0.1) is 0 Å². The first-order chi connectivity index (χ1) is 10.7. The van der Waals surface area contributed by atoms with E-state index in [0.717, 1.165) is 22.4 Å². The molecule has 0 aliphatic carbocycles. The number of ether oxygens (including phenoxy) is 1. The van der Waals surface area contributed by atoms with E-state index in [4.69, 9.17) is 4.74 Å². The van der Waals surface area contributed by atoms with E-state index < -0.39 is 0 Å². The Hall–Kier alpha value is -1.80. The molecule has 0 spiro atoms. The minimum Gasteiger partial charge on any atom is -0.482 e. The molecule has 0 unspecified atom stereocenters. The highest BCUT2D eigenvalue weighted by molar-refractivity contribution is 6.01. The Bertz CT molecular complexity index is 855. The predicted octanol–water partition coefficient (Wildman–Crippen LogP) is 5.06. The van der Waals surface area contributed by atoms with Gasteiger partial charge in [-0.2, -0.15) is 0 Å². The first-order valence-corrected chi connectivity index (χ1v) is 8.24. The third kappa shape index (κ3) is 2.20. The Labute approximate surface area is 138 Å². The quantitative estimate of drug-likeness (QED) is 0.798. The van der Waals surface area contributed by atoms with Crippen LogP contribution in [0, 0.1) is 34.6 Å². The van der Waals surface area contributed by atoms with Gasteiger partial charge in [-0.05, 0) is 93.3 Å². The van der Waals surface area contributed by atoms with Crippen LogP contribution in [-0.2, 0) is 6.61 Å². The molecule has 2 heteroatoms. The van der Waals surface area contributed by atoms with Gasteiger partial charge < -0.3 is 9.84 Å². The van der Waals surface area contributed by atoms with Crippen LogP contribution in [0.1, 0.15) is 52.8 Å². The lowest BCUT2D eigenvalue weighted by molar-refractivity contribution is 0.160. The molecular formula is C21H26O2. The fourth-order valence-electron chi connectivity index (χ4n) is 3.76. The number of fused-ring (bicyclic) bond motifs is 3. The molecule has 2 aromatic rings. The maximum atomic E-state index is 9.96. The number of benzene rings is 2. The molecule has 0 saturated carbocycles. The second-order valence-corrected chi connectivity index (χ2v) is 7.29. The molecule has 23 heavy (non-hydrogen) atoms. The van der Waals surface area contributed by atoms with Crippen molar-refractivity contribution in [1.82, 2.24) is 0 Å². The molecule has 0 aromatic heterocycles. The first kappa shape index (κ1) is 16.1. The van der Waals surface area contributed by atoms with Crippen molar-refractivity contribution in [2.24, 2.45) is 0 Å². The van der Waals surface area contributed by atoms with Crippen molar-refractivity contribution in [2.45, 2.75) is 60.7 Å². The molecule has 1 heterocycles. The van der Waals surface area contributed by atoms with Crippen LogP contribution in [-0.4, -0.2) is 10.7 Å². The van der Waals surface area contributed by atoms with Gasteiger partial charge in [-0.1, -0.05) is 6.08 Å². The van der Waals surface area contributed by atoms with Crippen LogP contribution in [0.25, 0.3) is 16.8 Å². The van der Waals surface area contributed by atoms with E-state index in [-0.39, 0.29) is 12.2 Å². The van der Waals surface area contributed by atoms with Gasteiger partial charge in [0.25, 0.3) is 0 Å². The SMILES string of the molecule is Cc1c(C)c(C)c2c3c(c(CO)c(C)c2c1C)C=CC(C)(C)O3. The zero-order chi connectivity index (χ0) is 17.1. The van der Waals surface area contributed by atoms with Crippen molar-refractivity contribution < 1.29 is 9.84 Å². The Kier molecular flexibility index (Phi) is 3.57. The lowest BCUT2D eigenvalue weighted by Crippen LogP contribution is -2.28. The summed E-state index contributed by atoms with van der Waals surface area (Å²) in [5, 5.41) is 12.4. The molecule has 2 nitrogen and oxygen atoms in total. The Morgan fingerprint density at radius 3 is 2.00 bits per heavy atom. The van der Waals surface area contributed by atoms with Gasteiger partial charge in [-0.25, -0.2) is 0 Å². The van der Waals surface area contributed by atoms with Crippen LogP contribution in [0.5, 0.6) is 5.75 Å². The number of aliphatic hydroxyl groups excluding tert-OH is 1. The van der Waals surface area contributed by atoms with E-state index in [0.29, 0.717) is 0 Å². The summed E-state index contributed by atoms with van der Waals surface area (Å²) in [5.74, 6) is 0.922. The monoisotopic (exact) mass is 310 g/mol. The number of hydrogen-bond donors (Lipinski definition) is 1. The van der Waals surface area contributed by atoms with Crippen LogP contribution >= 0.6 is 0 Å². The van der Waals surface area contributed by atoms with Crippen molar-refractivity contribution in [3.05, 3.63) is 45.0 Å². The molecule has 0 saturated heterocycles. The van der Waals surface area contributed by atoms with Crippen molar-refractivity contribution in [3.63, 3.8) is 0 Å². The molecule has 0 fully saturated rings. The van der Waals surface area contributed by atoms with E-state index in [1.165, 1.54) is 33.0 Å². The minimum absolute atomic E-state index is 0.0314. The largest absolute Gasteiger partial charge is 0.482 e. The summed E-state index contributed by atoms with van der Waals surface area (Å²) >= 11 is 0. The van der Waals surface area contributed by atoms with E-state index in [2.05, 4.69) is 60.6 Å². The molecule has 3 rings (SSSR count). The maximum Gasteiger partial charge on any atom is 0.136 e. The molecule has 1 N–H and O–H groups in total. The van der Waals surface area contributed by atoms with Crippen molar-refractivity contribution in [1.29, 1.82) is 0 Å². The molecule has 0 atom stereocenters. The fourth-order valence-corrected chi connectivity index (χ4v) is 3.76. The predicted molar refractivity (Wildman–Crippen MR) is 97.3 cm³/mol. The van der Waals surface area contributed by atoms with Gasteiger partial charge in [0, 0.05) is 10.9 Å². The van der Waals surface area contributed by atoms with Crippen LogP contribution in [0.15, 0.2) is 6.08 Å². The number of aliphatic hydroxyl groups is 1. The second kappa shape index (κ2) is 5.10. The van der Waals surface area contributed by atoms with Gasteiger partial charge in [-0.3, -0.25) is 0 Å². The molecule has 0 bridgehead atoms. The van der Waals surface area contributed by atoms with Crippen LogP contribution < -0.4 is 4.74 Å². The average molecular weight is 310 g/mol. The zero-order valence-corrected chi connectivity index (χ0v) is 15.2. The highest BCUT2D eigenvalue weighted by atomic mass is 16.5. The summed E-state index contributed by atoms with van der Waals surface area (Å²) in [5.41, 5.74) is 8.05. The van der Waals surface area contributed by atoms with E-state index in [1.54, 1.807) is 0 Å². The lowest BCUT2D eigenvalue weighted by atomic mass is 9.84. The van der Waals surface area contributed by atoms with Gasteiger partial charge in [0.05, 0.1) is 6.61 Å². The van der Waals surface area contributed by atoms with E-state index in [9.17, 15) is 5.11 Å². The lowest BCUT2D eigenvalue weighted by Gasteiger charge is -2.32. The van der Waals surface area contributed by atoms with Gasteiger partial charge in [0.1, 0.15) is 11.4 Å². The highest BCUT2D eigenvalue weighted by Gasteiger charge is 2.28. The number of hydrogen-bond acceptors (Lipinski definition) is 2. The molecule has 2 aromatic carbocycles. The van der Waals surface area contributed by atoms with Gasteiger partial charge in [0.2, 0.25) is 0 Å². The second-order valence-electron chi connectivity index (χ2n) is 7.29. The summed E-state index contributed by atoms with van der Waals surface area (Å²) in [6, 6.07) is 0. The third-order valence-electron chi connectivity index (χ3n) is 5.49. The minimum atomic E-state index is -0.332. The van der Waals surface area contributed by atoms with E-state index in [1.807, 2.05) is 0 Å². The number of aryl methyl sites for hydroxylation is 3. The molecule has 0 radical (unpaired) electrons. The Morgan fingerprint density at radius 2 is 1.43 bits per heavy atom. The molecule has 1 aliphatic heterocycles. The van der Waals surface area contributed by atoms with E-state index >= 15 is 0 Å². The normalized spacial score (nSPS) is 15.7. The van der Waals surface area contributed by atoms with Crippen LogP contribution in [0.4, 0.5) is 0 Å². The summed E-state index contributed by atoms with van der Waals surface area (Å²) in [6.07, 6.45) is 4.18. The molecule has 122 valence electrons. The summed E-state index contributed by atoms with van der Waals surface area (Å²) in [7, 11) is 0. The number of rotatable bonds is 1. The zero-order valence-electron chi connectivity index (χ0n) is 15.2. The average Bonchev–Trinajstić information content (AvgIpc) is 2.49. The molecule has 1 aliphatic rings. The van der Waals surface area contributed by atoms with Crippen LogP contribution in [0.3, 0.4) is 0 Å². The van der Waals surface area contributed by atoms with Crippen molar-refractivity contribution in [3.8, 4) is 5.75 Å². The molecule has 0 amide bonds. The molecular weight excluding hydrogens is 284 g/mol. The Balaban J connectivity index is 2.59. The Morgan fingerprint density at radius 1 is 0.870 bits per heavy atom. The van der Waals surface area contributed by atoms with Gasteiger partial charge >= 0.3 is 0 Å². The third-order valence-corrected chi connectivity index (χ3v) is 5.49. The van der Waals surface area contributed by atoms with Crippen molar-refractivity contribution in [2.75, 3.05) is 0 Å². The summed E-state index contributed by atoms with van der Waals surface area (Å²) < 4.78 is 6.36. The topological polar surface area (TPSA) is 29.5 Å². The highest BCUT2D eigenvalue weighted by Crippen LogP contribution is 2.45. The summed E-state index contributed by atoms with van der Waals surface area (Å²) in [6.45, 7) is 15.0. The maximum absolute atomic E-state index is 9.96. The van der Waals surface area contributed by atoms with Crippen molar-refractivity contribution >= 4 is 16.8 Å².